The van der Waals surface area contributed by atoms with Gasteiger partial charge >= 0.3 is 4.87 Å². The molecule has 0 aliphatic heterocycles. The van der Waals surface area contributed by atoms with Crippen molar-refractivity contribution >= 4 is 43.2 Å². The molecule has 0 aliphatic carbocycles. The van der Waals surface area contributed by atoms with Crippen molar-refractivity contribution in [2.75, 3.05) is 13.2 Å². The summed E-state index contributed by atoms with van der Waals surface area (Å²) in [5, 5.41) is 0.628. The number of hydrogen-bond acceptors (Lipinski definition) is 5. The van der Waals surface area contributed by atoms with E-state index in [0.29, 0.717) is 21.8 Å². The normalized spacial score (nSPS) is 11.7. The van der Waals surface area contributed by atoms with E-state index >= 15 is 0 Å². The number of hydrogen-bond donors (Lipinski definition) is 1. The molecule has 1 aromatic heterocycles. The molecule has 0 spiro atoms. The first-order valence-electron chi connectivity index (χ1n) is 10.3. The van der Waals surface area contributed by atoms with Crippen LogP contribution in [0.3, 0.4) is 0 Å². The van der Waals surface area contributed by atoms with E-state index in [1.165, 1.54) is 12.1 Å². The molecule has 172 valence electrons. The fourth-order valence-corrected chi connectivity index (χ4v) is 5.61. The number of aromatic nitrogens is 1. The van der Waals surface area contributed by atoms with Gasteiger partial charge in [0.05, 0.1) is 21.7 Å². The van der Waals surface area contributed by atoms with Gasteiger partial charge in [-0.25, -0.2) is 13.1 Å². The van der Waals surface area contributed by atoms with Gasteiger partial charge in [0.25, 0.3) is 0 Å². The summed E-state index contributed by atoms with van der Waals surface area (Å²) in [4.78, 5) is 12.5. The minimum absolute atomic E-state index is 0.113. The minimum Gasteiger partial charge on any atom is -0.492 e. The van der Waals surface area contributed by atoms with Crippen molar-refractivity contribution < 1.29 is 13.2 Å². The lowest BCUT2D eigenvalue weighted by molar-refractivity contribution is 0.320. The van der Waals surface area contributed by atoms with Crippen LogP contribution >= 0.6 is 22.9 Å². The van der Waals surface area contributed by atoms with Crippen LogP contribution in [0, 0.1) is 13.8 Å². The van der Waals surface area contributed by atoms with Crippen LogP contribution in [0.25, 0.3) is 10.2 Å². The molecule has 0 amide bonds. The average Bonchev–Trinajstić information content (AvgIpc) is 3.10. The number of aryl methyl sites for hydroxylation is 1. The van der Waals surface area contributed by atoms with E-state index < -0.39 is 10.0 Å². The molecule has 4 aromatic rings. The second-order valence-electron chi connectivity index (χ2n) is 7.65. The Labute approximate surface area is 201 Å². The number of halogens is 1. The van der Waals surface area contributed by atoms with Crippen molar-refractivity contribution in [2.24, 2.45) is 0 Å². The smallest absolute Gasteiger partial charge is 0.308 e. The zero-order valence-electron chi connectivity index (χ0n) is 18.2. The fraction of sp³-hybridized carbons (Fsp3) is 0.208. The summed E-state index contributed by atoms with van der Waals surface area (Å²) in [5.74, 6) is 0.738. The Bertz CT molecular complexity index is 1460. The summed E-state index contributed by atoms with van der Waals surface area (Å²) in [5.41, 5.74) is 3.77. The molecule has 0 atom stereocenters. The number of sulfonamides is 1. The van der Waals surface area contributed by atoms with E-state index in [1.807, 2.05) is 44.2 Å². The van der Waals surface area contributed by atoms with Gasteiger partial charge in [-0.1, -0.05) is 47.2 Å². The fourth-order valence-electron chi connectivity index (χ4n) is 3.44. The van der Waals surface area contributed by atoms with Gasteiger partial charge in [0.15, 0.2) is 0 Å². The highest BCUT2D eigenvalue weighted by Gasteiger charge is 2.17. The van der Waals surface area contributed by atoms with Crippen molar-refractivity contribution in [1.82, 2.24) is 9.29 Å². The Morgan fingerprint density at radius 3 is 2.58 bits per heavy atom. The van der Waals surface area contributed by atoms with Gasteiger partial charge in [-0.15, -0.1) is 0 Å². The Hall–Kier alpha value is -2.65. The van der Waals surface area contributed by atoms with E-state index in [9.17, 15) is 13.2 Å². The number of nitrogens with zero attached hydrogens (tertiary/aromatic N) is 1. The monoisotopic (exact) mass is 502 g/mol. The standard InChI is InChI=1S/C24H23ClN2O4S2/c1-16-4-3-5-22(17(16)2)31-13-12-26-33(29,30)20-10-11-21-23(14-20)32-24(28)27(21)15-18-6-8-19(25)9-7-18/h3-11,14,26H,12-13,15H2,1-2H3. The Balaban J connectivity index is 1.46. The van der Waals surface area contributed by atoms with Gasteiger partial charge in [-0.2, -0.15) is 0 Å². The number of thiazole rings is 1. The van der Waals surface area contributed by atoms with Crippen LogP contribution < -0.4 is 14.3 Å². The first-order valence-corrected chi connectivity index (χ1v) is 13.0. The molecule has 9 heteroatoms. The molecular formula is C24H23ClN2O4S2. The molecule has 33 heavy (non-hydrogen) atoms. The lowest BCUT2D eigenvalue weighted by Crippen LogP contribution is -2.28. The quantitative estimate of drug-likeness (QED) is 0.353. The van der Waals surface area contributed by atoms with E-state index in [1.54, 1.807) is 22.8 Å². The van der Waals surface area contributed by atoms with E-state index in [2.05, 4.69) is 4.72 Å². The highest BCUT2D eigenvalue weighted by Crippen LogP contribution is 2.23. The van der Waals surface area contributed by atoms with Crippen LogP contribution in [0.15, 0.2) is 70.4 Å². The first-order chi connectivity index (χ1) is 15.7. The number of nitrogens with one attached hydrogen (secondary N) is 1. The summed E-state index contributed by atoms with van der Waals surface area (Å²) >= 11 is 6.96. The van der Waals surface area contributed by atoms with Crippen molar-refractivity contribution in [2.45, 2.75) is 25.3 Å². The summed E-state index contributed by atoms with van der Waals surface area (Å²) in [6.45, 7) is 4.68. The van der Waals surface area contributed by atoms with Crippen LogP contribution in [0.5, 0.6) is 5.75 Å². The Morgan fingerprint density at radius 2 is 1.82 bits per heavy atom. The lowest BCUT2D eigenvalue weighted by atomic mass is 10.1. The maximum absolute atomic E-state index is 12.8. The second-order valence-corrected chi connectivity index (χ2v) is 10.9. The number of rotatable bonds is 8. The summed E-state index contributed by atoms with van der Waals surface area (Å²) in [7, 11) is -3.74. The average molecular weight is 503 g/mol. The molecule has 4 rings (SSSR count). The topological polar surface area (TPSA) is 77.4 Å². The maximum atomic E-state index is 12.8. The lowest BCUT2D eigenvalue weighted by Gasteiger charge is -2.12. The second kappa shape index (κ2) is 9.69. The van der Waals surface area contributed by atoms with Crippen molar-refractivity contribution in [1.29, 1.82) is 0 Å². The van der Waals surface area contributed by atoms with Gasteiger partial charge in [0.2, 0.25) is 10.0 Å². The third-order valence-corrected chi connectivity index (χ3v) is 8.06. The van der Waals surface area contributed by atoms with Gasteiger partial charge < -0.3 is 4.74 Å². The third kappa shape index (κ3) is 5.30. The predicted octanol–water partition coefficient (Wildman–Crippen LogP) is 4.74. The summed E-state index contributed by atoms with van der Waals surface area (Å²) in [6.07, 6.45) is 0. The molecule has 0 bridgehead atoms. The van der Waals surface area contributed by atoms with E-state index in [0.717, 1.165) is 33.8 Å². The zero-order chi connectivity index (χ0) is 23.6. The van der Waals surface area contributed by atoms with Crippen molar-refractivity contribution in [3.05, 3.63) is 92.0 Å². The highest BCUT2D eigenvalue weighted by atomic mass is 35.5. The zero-order valence-corrected chi connectivity index (χ0v) is 20.6. The summed E-state index contributed by atoms with van der Waals surface area (Å²) < 4.78 is 36.1. The van der Waals surface area contributed by atoms with Crippen LogP contribution in [0.2, 0.25) is 5.02 Å². The van der Waals surface area contributed by atoms with Gasteiger partial charge in [0.1, 0.15) is 12.4 Å². The molecule has 6 nitrogen and oxygen atoms in total. The minimum atomic E-state index is -3.74. The number of ether oxygens (including phenoxy) is 1. The van der Waals surface area contributed by atoms with Gasteiger partial charge in [-0.05, 0) is 66.9 Å². The third-order valence-electron chi connectivity index (χ3n) is 5.41. The Morgan fingerprint density at radius 1 is 1.06 bits per heavy atom. The van der Waals surface area contributed by atoms with E-state index in [4.69, 9.17) is 16.3 Å². The molecule has 0 radical (unpaired) electrons. The SMILES string of the molecule is Cc1cccc(OCCNS(=O)(=O)c2ccc3c(c2)sc(=O)n3Cc2ccc(Cl)cc2)c1C. The molecule has 0 saturated heterocycles. The molecule has 0 saturated carbocycles. The van der Waals surface area contributed by atoms with Crippen LogP contribution in [-0.4, -0.2) is 26.1 Å². The largest absolute Gasteiger partial charge is 0.492 e. The molecule has 3 aromatic carbocycles. The first kappa shape index (κ1) is 23.5. The predicted molar refractivity (Wildman–Crippen MR) is 133 cm³/mol. The molecular weight excluding hydrogens is 480 g/mol. The maximum Gasteiger partial charge on any atom is 0.308 e. The molecule has 0 aliphatic rings. The number of fused-ring (bicyclic) bond motifs is 1. The van der Waals surface area contributed by atoms with Crippen LogP contribution in [-0.2, 0) is 16.6 Å². The van der Waals surface area contributed by atoms with Gasteiger partial charge in [0, 0.05) is 11.6 Å². The number of benzene rings is 3. The van der Waals surface area contributed by atoms with E-state index in [-0.39, 0.29) is 22.9 Å². The van der Waals surface area contributed by atoms with Crippen molar-refractivity contribution in [3.8, 4) is 5.75 Å². The molecule has 0 fully saturated rings. The Kier molecular flexibility index (Phi) is 6.90. The van der Waals surface area contributed by atoms with Crippen LogP contribution in [0.4, 0.5) is 0 Å². The molecule has 0 unspecified atom stereocenters. The van der Waals surface area contributed by atoms with Gasteiger partial charge in [-0.3, -0.25) is 9.36 Å². The van der Waals surface area contributed by atoms with Crippen molar-refractivity contribution in [3.63, 3.8) is 0 Å². The molecule has 1 N–H and O–H groups in total. The summed E-state index contributed by atoms with van der Waals surface area (Å²) in [6, 6.07) is 17.8. The molecule has 1 heterocycles. The van der Waals surface area contributed by atoms with Crippen LogP contribution in [0.1, 0.15) is 16.7 Å². The highest BCUT2D eigenvalue weighted by molar-refractivity contribution is 7.89.